The summed E-state index contributed by atoms with van der Waals surface area (Å²) in [5.74, 6) is -0.810. The zero-order valence-corrected chi connectivity index (χ0v) is 13.8. The third kappa shape index (κ3) is 4.88. The van der Waals surface area contributed by atoms with Gasteiger partial charge in [-0.05, 0) is 40.3 Å². The fraction of sp³-hybridized carbons (Fsp3) is 0.867. The number of nitrogens with zero attached hydrogens (tertiary/aromatic N) is 3. The summed E-state index contributed by atoms with van der Waals surface area (Å²) in [6, 6.07) is -0.0223. The maximum Gasteiger partial charge on any atom is 0.320 e. The van der Waals surface area contributed by atoms with Crippen LogP contribution in [0.4, 0.5) is 4.79 Å². The smallest absolute Gasteiger partial charge is 0.320 e. The van der Waals surface area contributed by atoms with Crippen LogP contribution in [0.2, 0.25) is 0 Å². The van der Waals surface area contributed by atoms with Crippen LogP contribution >= 0.6 is 0 Å². The van der Waals surface area contributed by atoms with E-state index in [1.165, 1.54) is 0 Å². The van der Waals surface area contributed by atoms with Crippen LogP contribution < -0.4 is 0 Å². The van der Waals surface area contributed by atoms with Crippen molar-refractivity contribution in [1.82, 2.24) is 14.7 Å². The number of urea groups is 1. The predicted molar refractivity (Wildman–Crippen MR) is 82.4 cm³/mol. The summed E-state index contributed by atoms with van der Waals surface area (Å²) in [5, 5.41) is 9.36. The first-order valence-corrected chi connectivity index (χ1v) is 7.72. The highest BCUT2D eigenvalue weighted by atomic mass is 16.4. The minimum Gasteiger partial charge on any atom is -0.481 e. The third-order valence-electron chi connectivity index (χ3n) is 4.06. The number of piperidine rings is 1. The number of carboxylic acids is 1. The van der Waals surface area contributed by atoms with Crippen molar-refractivity contribution in [2.24, 2.45) is 5.41 Å². The zero-order valence-electron chi connectivity index (χ0n) is 13.8. The minimum absolute atomic E-state index is 0.0223. The number of hydrogen-bond acceptors (Lipinski definition) is 3. The van der Waals surface area contributed by atoms with E-state index >= 15 is 0 Å². The summed E-state index contributed by atoms with van der Waals surface area (Å²) >= 11 is 0. The second-order valence-corrected chi connectivity index (χ2v) is 6.46. The van der Waals surface area contributed by atoms with Gasteiger partial charge in [-0.2, -0.15) is 0 Å². The van der Waals surface area contributed by atoms with E-state index < -0.39 is 11.4 Å². The monoisotopic (exact) mass is 299 g/mol. The summed E-state index contributed by atoms with van der Waals surface area (Å²) in [4.78, 5) is 29.6. The molecule has 1 unspecified atom stereocenters. The highest BCUT2D eigenvalue weighted by Gasteiger charge is 2.40. The lowest BCUT2D eigenvalue weighted by Crippen LogP contribution is -2.53. The molecule has 1 fully saturated rings. The van der Waals surface area contributed by atoms with Crippen molar-refractivity contribution < 1.29 is 14.7 Å². The van der Waals surface area contributed by atoms with Gasteiger partial charge in [0.25, 0.3) is 0 Å². The lowest BCUT2D eigenvalue weighted by atomic mass is 9.82. The average molecular weight is 299 g/mol. The maximum atomic E-state index is 12.7. The van der Waals surface area contributed by atoms with Crippen molar-refractivity contribution in [3.05, 3.63) is 0 Å². The van der Waals surface area contributed by atoms with Gasteiger partial charge in [-0.3, -0.25) is 4.79 Å². The molecule has 0 bridgehead atoms. The van der Waals surface area contributed by atoms with Crippen LogP contribution in [0.25, 0.3) is 0 Å². The Hall–Kier alpha value is -1.30. The van der Waals surface area contributed by atoms with Gasteiger partial charge >= 0.3 is 12.0 Å². The lowest BCUT2D eigenvalue weighted by molar-refractivity contribution is -0.150. The average Bonchev–Trinajstić information content (AvgIpc) is 2.42. The minimum atomic E-state index is -0.812. The molecule has 0 aromatic carbocycles. The maximum absolute atomic E-state index is 12.7. The van der Waals surface area contributed by atoms with Gasteiger partial charge in [0.1, 0.15) is 0 Å². The van der Waals surface area contributed by atoms with Gasteiger partial charge in [0.05, 0.1) is 5.41 Å². The number of likely N-dealkylation sites (tertiary alicyclic amines) is 1. The molecule has 0 aromatic rings. The van der Waals surface area contributed by atoms with E-state index in [2.05, 4.69) is 0 Å². The molecule has 0 aliphatic carbocycles. The Morgan fingerprint density at radius 1 is 1.24 bits per heavy atom. The summed E-state index contributed by atoms with van der Waals surface area (Å²) in [7, 11) is 3.97. The molecule has 1 rings (SSSR count). The fourth-order valence-corrected chi connectivity index (χ4v) is 2.67. The highest BCUT2D eigenvalue weighted by Crippen LogP contribution is 2.30. The highest BCUT2D eigenvalue weighted by molar-refractivity contribution is 5.78. The molecule has 1 aliphatic heterocycles. The van der Waals surface area contributed by atoms with Crippen molar-refractivity contribution in [3.63, 3.8) is 0 Å². The number of rotatable bonds is 6. The molecule has 0 saturated carbocycles. The van der Waals surface area contributed by atoms with Crippen molar-refractivity contribution >= 4 is 12.0 Å². The normalized spacial score (nSPS) is 22.4. The lowest BCUT2D eigenvalue weighted by Gasteiger charge is -2.40. The van der Waals surface area contributed by atoms with E-state index in [0.717, 1.165) is 19.4 Å². The van der Waals surface area contributed by atoms with Crippen LogP contribution in [0.15, 0.2) is 0 Å². The summed E-state index contributed by atoms with van der Waals surface area (Å²) in [6.45, 7) is 6.96. The molecule has 0 spiro atoms. The molecule has 1 heterocycles. The number of carbonyl (C=O) groups is 2. The molecule has 21 heavy (non-hydrogen) atoms. The summed E-state index contributed by atoms with van der Waals surface area (Å²) in [6.07, 6.45) is 2.29. The zero-order chi connectivity index (χ0) is 16.0. The van der Waals surface area contributed by atoms with Crippen LogP contribution in [0.5, 0.6) is 0 Å². The Morgan fingerprint density at radius 3 is 2.43 bits per heavy atom. The van der Waals surface area contributed by atoms with E-state index in [1.807, 2.05) is 30.8 Å². The molecular formula is C15H29N3O3. The van der Waals surface area contributed by atoms with Gasteiger partial charge in [-0.1, -0.05) is 6.92 Å². The van der Waals surface area contributed by atoms with Gasteiger partial charge in [0.2, 0.25) is 0 Å². The van der Waals surface area contributed by atoms with Crippen molar-refractivity contribution in [2.75, 3.05) is 46.8 Å². The van der Waals surface area contributed by atoms with Crippen LogP contribution in [-0.4, -0.2) is 78.6 Å². The van der Waals surface area contributed by atoms with Crippen LogP contribution in [-0.2, 0) is 4.79 Å². The molecule has 1 N–H and O–H groups in total. The van der Waals surface area contributed by atoms with Crippen molar-refractivity contribution in [2.45, 2.75) is 33.1 Å². The predicted octanol–water partition coefficient (Wildman–Crippen LogP) is 1.57. The van der Waals surface area contributed by atoms with Gasteiger partial charge in [-0.25, -0.2) is 4.79 Å². The van der Waals surface area contributed by atoms with Gasteiger partial charge < -0.3 is 19.8 Å². The number of carboxylic acid groups (broad SMARTS) is 1. The van der Waals surface area contributed by atoms with Crippen LogP contribution in [0.1, 0.15) is 33.1 Å². The van der Waals surface area contributed by atoms with Crippen molar-refractivity contribution in [1.29, 1.82) is 0 Å². The SMILES string of the molecule is CCCN(CCN(C)C)C(=O)N1CCCC(C)(C(=O)O)C1. The Morgan fingerprint density at radius 2 is 1.90 bits per heavy atom. The molecule has 1 saturated heterocycles. The molecule has 1 atom stereocenters. The molecular weight excluding hydrogens is 270 g/mol. The van der Waals surface area contributed by atoms with Gasteiger partial charge in [0, 0.05) is 32.7 Å². The number of likely N-dealkylation sites (N-methyl/N-ethyl adjacent to an activating group) is 1. The molecule has 1 aliphatic rings. The van der Waals surface area contributed by atoms with E-state index in [0.29, 0.717) is 32.6 Å². The standard InChI is InChI=1S/C15H29N3O3/c1-5-8-17(11-10-16(3)4)14(21)18-9-6-7-15(2,12-18)13(19)20/h5-12H2,1-4H3,(H,19,20). The summed E-state index contributed by atoms with van der Waals surface area (Å²) in [5.41, 5.74) is -0.812. The molecule has 0 radical (unpaired) electrons. The first-order valence-electron chi connectivity index (χ1n) is 7.72. The molecule has 0 aromatic heterocycles. The number of hydrogen-bond donors (Lipinski definition) is 1. The van der Waals surface area contributed by atoms with E-state index in [1.54, 1.807) is 11.8 Å². The van der Waals surface area contributed by atoms with Crippen LogP contribution in [0, 0.1) is 5.41 Å². The first-order chi connectivity index (χ1) is 9.80. The van der Waals surface area contributed by atoms with E-state index in [-0.39, 0.29) is 6.03 Å². The molecule has 2 amide bonds. The number of amides is 2. The summed E-state index contributed by atoms with van der Waals surface area (Å²) < 4.78 is 0. The van der Waals surface area contributed by atoms with E-state index in [4.69, 9.17) is 0 Å². The molecule has 6 heteroatoms. The second-order valence-electron chi connectivity index (χ2n) is 6.46. The Balaban J connectivity index is 2.71. The molecule has 122 valence electrons. The third-order valence-corrected chi connectivity index (χ3v) is 4.06. The topological polar surface area (TPSA) is 64.1 Å². The Labute approximate surface area is 127 Å². The van der Waals surface area contributed by atoms with E-state index in [9.17, 15) is 14.7 Å². The second kappa shape index (κ2) is 7.64. The van der Waals surface area contributed by atoms with Crippen molar-refractivity contribution in [3.8, 4) is 0 Å². The molecule has 6 nitrogen and oxygen atoms in total. The first kappa shape index (κ1) is 17.8. The van der Waals surface area contributed by atoms with Crippen LogP contribution in [0.3, 0.4) is 0 Å². The Kier molecular flexibility index (Phi) is 6.45. The van der Waals surface area contributed by atoms with Gasteiger partial charge in [-0.15, -0.1) is 0 Å². The Bertz CT molecular complexity index is 373. The largest absolute Gasteiger partial charge is 0.481 e. The van der Waals surface area contributed by atoms with Gasteiger partial charge in [0.15, 0.2) is 0 Å². The number of aliphatic carboxylic acids is 1. The quantitative estimate of drug-likeness (QED) is 0.808. The fourth-order valence-electron chi connectivity index (χ4n) is 2.67. The number of carbonyl (C=O) groups excluding carboxylic acids is 1.